The Morgan fingerprint density at radius 1 is 0.161 bits per heavy atom. The van der Waals surface area contributed by atoms with E-state index in [4.69, 9.17) is 9.47 Å². The van der Waals surface area contributed by atoms with Gasteiger partial charge in [0, 0.05) is 77.8 Å². The van der Waals surface area contributed by atoms with Gasteiger partial charge in [-0.25, -0.2) is 0 Å². The lowest BCUT2D eigenvalue weighted by atomic mass is 9.65. The van der Waals surface area contributed by atoms with Crippen LogP contribution in [-0.2, 0) is 10.8 Å². The summed E-state index contributed by atoms with van der Waals surface area (Å²) in [5, 5.41) is 8.99. The predicted octanol–water partition coefficient (Wildman–Crippen LogP) is 32.2. The van der Waals surface area contributed by atoms with E-state index < -0.39 is 10.8 Å². The summed E-state index contributed by atoms with van der Waals surface area (Å²) in [7, 11) is 0. The van der Waals surface area contributed by atoms with Crippen LogP contribution in [0.3, 0.4) is 0 Å². The van der Waals surface area contributed by atoms with Gasteiger partial charge in [-0.2, -0.15) is 0 Å². The van der Waals surface area contributed by atoms with Crippen molar-refractivity contribution in [2.24, 2.45) is 0 Å². The predicted molar refractivity (Wildman–Crippen MR) is 513 cm³/mol. The highest BCUT2D eigenvalue weighted by atomic mass is 16.5. The average Bonchev–Trinajstić information content (AvgIpc) is 1.47. The van der Waals surface area contributed by atoms with Crippen LogP contribution in [0.5, 0.6) is 23.0 Å². The van der Waals surface area contributed by atoms with E-state index in [1.807, 2.05) is 0 Å². The van der Waals surface area contributed by atoms with Crippen LogP contribution in [-0.4, -0.2) is 0 Å². The number of rotatable bonds is 12. The molecule has 0 saturated carbocycles. The van der Waals surface area contributed by atoms with Gasteiger partial charge in [0.2, 0.25) is 0 Å². The Balaban J connectivity index is 0.550. The zero-order valence-electron chi connectivity index (χ0n) is 67.6. The standard InChI is InChI=1S/C120H76N2O2/c1-3-22-77(23-4-1)79-44-59-93(60-45-79)121(95-63-50-83(51-64-95)92-54-69-103-102-38-15-17-40-105(102)120(112(103)76-92)110-72-57-86-28-9-13-36-100(86)117(110)124-118-101-37-14-10-29-87(101)58-73-111(118)120)94-61-48-81(49-62-94)88-30-19-32-90(74-88)91-33-20-31-89(75-91)82-52-67-97(68-53-82)122(96-65-46-80(47-66-96)78-24-5-2-6-25-78)113-43-21-42-107-114(113)104-39-16-18-41-106(104)119(107)108-70-55-84-26-7-11-34-98(84)115(108)123-116-99-35-12-8-27-85(99)56-71-109(116)119/h1-76H. The molecule has 0 bridgehead atoms. The fraction of sp³-hybridized carbons (Fsp3) is 0.0167. The van der Waals surface area contributed by atoms with Crippen LogP contribution in [0.25, 0.3) is 132 Å². The highest BCUT2D eigenvalue weighted by Gasteiger charge is 2.54. The first-order valence-electron chi connectivity index (χ1n) is 42.8. The van der Waals surface area contributed by atoms with E-state index in [-0.39, 0.29) is 0 Å². The number of anilines is 6. The largest absolute Gasteiger partial charge is 0.455 e. The van der Waals surface area contributed by atoms with Crippen molar-refractivity contribution in [3.8, 4) is 112 Å². The highest BCUT2D eigenvalue weighted by Crippen LogP contribution is 2.68. The molecule has 578 valence electrons. The normalized spacial score (nSPS) is 13.1. The SMILES string of the molecule is c1ccc(-c2ccc(N(c3ccc(-c4cccc(-c5cccc(-c6ccc(N(c7ccc(-c8ccccc8)cc7)c7cccc8c7-c7ccccc7C87c8ccc9ccccc9c8Oc8c7ccc7ccccc87)cc6)c5)c4)cc3)c3ccc(-c4ccc5c(c4)C4(c6ccccc6-5)c5ccc6ccccc6c5Oc5c4ccc4ccccc54)cc3)cc2)cc1. The third kappa shape index (κ3) is 10.9. The van der Waals surface area contributed by atoms with Crippen LogP contribution in [0.1, 0.15) is 44.5 Å². The minimum atomic E-state index is -0.715. The first-order valence-corrected chi connectivity index (χ1v) is 42.8. The van der Waals surface area contributed by atoms with Gasteiger partial charge in [-0.1, -0.05) is 376 Å². The third-order valence-corrected chi connectivity index (χ3v) is 26.8. The maximum absolute atomic E-state index is 7.37. The van der Waals surface area contributed by atoms with Gasteiger partial charge < -0.3 is 19.3 Å². The number of hydrogen-bond acceptors (Lipinski definition) is 4. The van der Waals surface area contributed by atoms with Crippen LogP contribution in [0.4, 0.5) is 34.1 Å². The first-order chi connectivity index (χ1) is 61.5. The molecule has 4 nitrogen and oxygen atoms in total. The third-order valence-electron chi connectivity index (χ3n) is 26.8. The summed E-state index contributed by atoms with van der Waals surface area (Å²) in [6, 6.07) is 170. The molecule has 21 aromatic carbocycles. The molecule has 25 rings (SSSR count). The van der Waals surface area contributed by atoms with Crippen LogP contribution in [0.2, 0.25) is 0 Å². The summed E-state index contributed by atoms with van der Waals surface area (Å²) >= 11 is 0. The van der Waals surface area contributed by atoms with Gasteiger partial charge in [-0.05, 0) is 212 Å². The van der Waals surface area contributed by atoms with Crippen LogP contribution >= 0.6 is 0 Å². The van der Waals surface area contributed by atoms with E-state index in [1.165, 1.54) is 61.2 Å². The second kappa shape index (κ2) is 28.3. The Hall–Kier alpha value is -16.1. The average molecular weight is 1580 g/mol. The Kier molecular flexibility index (Phi) is 16.1. The van der Waals surface area contributed by atoms with Crippen molar-refractivity contribution in [3.63, 3.8) is 0 Å². The van der Waals surface area contributed by atoms with Crippen molar-refractivity contribution in [1.29, 1.82) is 0 Å². The minimum Gasteiger partial charge on any atom is -0.455 e. The number of ether oxygens (including phenoxy) is 2. The quantitative estimate of drug-likeness (QED) is 0.122. The van der Waals surface area contributed by atoms with Gasteiger partial charge in [0.05, 0.1) is 16.5 Å². The number of benzene rings is 21. The van der Waals surface area contributed by atoms with Gasteiger partial charge in [-0.3, -0.25) is 0 Å². The van der Waals surface area contributed by atoms with Crippen molar-refractivity contribution < 1.29 is 9.47 Å². The summed E-state index contributed by atoms with van der Waals surface area (Å²) in [6.07, 6.45) is 0. The summed E-state index contributed by atoms with van der Waals surface area (Å²) in [5.74, 6) is 3.63. The van der Waals surface area contributed by atoms with E-state index in [2.05, 4.69) is 471 Å². The monoisotopic (exact) mass is 1580 g/mol. The van der Waals surface area contributed by atoms with E-state index in [0.29, 0.717) is 0 Å². The molecule has 0 atom stereocenters. The zero-order valence-corrected chi connectivity index (χ0v) is 67.6. The molecule has 2 spiro atoms. The summed E-state index contributed by atoms with van der Waals surface area (Å²) in [6.45, 7) is 0. The fourth-order valence-corrected chi connectivity index (χ4v) is 21.1. The number of nitrogens with zero attached hydrogens (tertiary/aromatic N) is 2. The molecule has 0 radical (unpaired) electrons. The zero-order chi connectivity index (χ0) is 81.6. The summed E-state index contributed by atoms with van der Waals surface area (Å²) in [4.78, 5) is 4.85. The Bertz CT molecular complexity index is 7720. The molecule has 2 aliphatic heterocycles. The van der Waals surface area contributed by atoms with E-state index >= 15 is 0 Å². The van der Waals surface area contributed by atoms with Gasteiger partial charge in [0.15, 0.2) is 0 Å². The summed E-state index contributed by atoms with van der Waals surface area (Å²) < 4.78 is 14.7. The molecule has 0 unspecified atom stereocenters. The van der Waals surface area contributed by atoms with E-state index in [1.54, 1.807) is 0 Å². The van der Waals surface area contributed by atoms with Crippen molar-refractivity contribution in [3.05, 3.63) is 506 Å². The lowest BCUT2D eigenvalue weighted by Gasteiger charge is -2.40. The van der Waals surface area contributed by atoms with Crippen molar-refractivity contribution >= 4 is 77.2 Å². The second-order valence-corrected chi connectivity index (χ2v) is 33.2. The maximum atomic E-state index is 7.37. The topological polar surface area (TPSA) is 24.9 Å². The Morgan fingerprint density at radius 3 is 0.847 bits per heavy atom. The summed E-state index contributed by atoms with van der Waals surface area (Å²) in [5.41, 5.74) is 33.2. The van der Waals surface area contributed by atoms with Crippen LogP contribution in [0, 0.1) is 0 Å². The smallest absolute Gasteiger partial charge is 0.140 e. The molecule has 0 amide bonds. The molecule has 0 aromatic heterocycles. The molecule has 0 fully saturated rings. The van der Waals surface area contributed by atoms with Gasteiger partial charge in [-0.15, -0.1) is 0 Å². The molecule has 2 aliphatic carbocycles. The Morgan fingerprint density at radius 2 is 0.435 bits per heavy atom. The maximum Gasteiger partial charge on any atom is 0.140 e. The van der Waals surface area contributed by atoms with Crippen molar-refractivity contribution in [2.45, 2.75) is 10.8 Å². The van der Waals surface area contributed by atoms with Crippen molar-refractivity contribution in [1.82, 2.24) is 0 Å². The minimum absolute atomic E-state index is 0.657. The lowest BCUT2D eigenvalue weighted by molar-refractivity contribution is 0.447. The van der Waals surface area contributed by atoms with Gasteiger partial charge in [0.1, 0.15) is 23.0 Å². The van der Waals surface area contributed by atoms with E-state index in [9.17, 15) is 0 Å². The highest BCUT2D eigenvalue weighted by molar-refractivity contribution is 6.05. The van der Waals surface area contributed by atoms with Gasteiger partial charge in [0.25, 0.3) is 0 Å². The second-order valence-electron chi connectivity index (χ2n) is 33.2. The number of fused-ring (bicyclic) bond motifs is 26. The Labute approximate surface area is 720 Å². The molecular formula is C120H76N2O2. The molecule has 0 saturated heterocycles. The van der Waals surface area contributed by atoms with Crippen LogP contribution in [0.15, 0.2) is 461 Å². The van der Waals surface area contributed by atoms with Crippen LogP contribution < -0.4 is 19.3 Å². The molecule has 0 N–H and O–H groups in total. The van der Waals surface area contributed by atoms with Crippen molar-refractivity contribution in [2.75, 3.05) is 9.80 Å². The first kappa shape index (κ1) is 70.8. The van der Waals surface area contributed by atoms with E-state index in [0.717, 1.165) is 173 Å². The lowest BCUT2D eigenvalue weighted by Crippen LogP contribution is -2.32. The molecule has 4 heteroatoms. The molecular weight excluding hydrogens is 1500 g/mol. The molecule has 4 aliphatic rings. The van der Waals surface area contributed by atoms with Gasteiger partial charge >= 0.3 is 0 Å². The molecule has 124 heavy (non-hydrogen) atoms. The molecule has 2 heterocycles. The fourth-order valence-electron chi connectivity index (χ4n) is 21.1. The molecule has 21 aromatic rings. The number of hydrogen-bond donors (Lipinski definition) is 0.